The first-order chi connectivity index (χ1) is 8.56. The SMILES string of the molecule is Nc1ccc2cc3c(Cl)c(Cl)c(N)cc3nc2c1. The Balaban J connectivity index is 2.49. The topological polar surface area (TPSA) is 64.9 Å². The van der Waals surface area contributed by atoms with E-state index in [9.17, 15) is 0 Å². The molecular weight excluding hydrogens is 269 g/mol. The zero-order valence-corrected chi connectivity index (χ0v) is 10.8. The van der Waals surface area contributed by atoms with Crippen molar-refractivity contribution in [1.29, 1.82) is 0 Å². The molecule has 3 aromatic rings. The Morgan fingerprint density at radius 1 is 0.889 bits per heavy atom. The van der Waals surface area contributed by atoms with E-state index in [1.807, 2.05) is 24.3 Å². The van der Waals surface area contributed by atoms with Crippen molar-refractivity contribution in [2.24, 2.45) is 0 Å². The fourth-order valence-corrected chi connectivity index (χ4v) is 2.36. The average molecular weight is 278 g/mol. The van der Waals surface area contributed by atoms with Gasteiger partial charge in [-0.15, -0.1) is 0 Å². The molecular formula is C13H9Cl2N3. The first-order valence-electron chi connectivity index (χ1n) is 5.30. The van der Waals surface area contributed by atoms with Crippen LogP contribution in [0.5, 0.6) is 0 Å². The van der Waals surface area contributed by atoms with Gasteiger partial charge in [-0.2, -0.15) is 0 Å². The summed E-state index contributed by atoms with van der Waals surface area (Å²) in [5.41, 5.74) is 14.1. The van der Waals surface area contributed by atoms with Crippen molar-refractivity contribution < 1.29 is 0 Å². The summed E-state index contributed by atoms with van der Waals surface area (Å²) in [5, 5.41) is 2.53. The van der Waals surface area contributed by atoms with Crippen LogP contribution in [0.4, 0.5) is 11.4 Å². The highest BCUT2D eigenvalue weighted by Crippen LogP contribution is 2.36. The third kappa shape index (κ3) is 1.64. The second-order valence-corrected chi connectivity index (χ2v) is 4.86. The predicted molar refractivity (Wildman–Crippen MR) is 78.1 cm³/mol. The zero-order valence-electron chi connectivity index (χ0n) is 9.24. The number of benzene rings is 2. The molecule has 0 amide bonds. The van der Waals surface area contributed by atoms with E-state index >= 15 is 0 Å². The summed E-state index contributed by atoms with van der Waals surface area (Å²) in [6, 6.07) is 9.19. The molecule has 0 aliphatic rings. The molecule has 18 heavy (non-hydrogen) atoms. The van der Waals surface area contributed by atoms with Gasteiger partial charge in [-0.3, -0.25) is 0 Å². The maximum absolute atomic E-state index is 6.19. The van der Waals surface area contributed by atoms with Crippen LogP contribution in [0.1, 0.15) is 0 Å². The molecule has 90 valence electrons. The second kappa shape index (κ2) is 3.90. The number of fused-ring (bicyclic) bond motifs is 2. The molecule has 2 aromatic carbocycles. The van der Waals surface area contributed by atoms with E-state index in [0.29, 0.717) is 26.9 Å². The first kappa shape index (κ1) is 11.4. The molecule has 0 aliphatic carbocycles. The maximum atomic E-state index is 6.19. The van der Waals surface area contributed by atoms with Crippen LogP contribution in [-0.2, 0) is 0 Å². The van der Waals surface area contributed by atoms with Gasteiger partial charge in [-0.1, -0.05) is 29.3 Å². The molecule has 1 aromatic heterocycles. The molecule has 0 fully saturated rings. The van der Waals surface area contributed by atoms with Crippen LogP contribution >= 0.6 is 23.2 Å². The summed E-state index contributed by atoms with van der Waals surface area (Å²) in [4.78, 5) is 4.50. The molecule has 0 saturated heterocycles. The van der Waals surface area contributed by atoms with Gasteiger partial charge in [-0.25, -0.2) is 4.98 Å². The van der Waals surface area contributed by atoms with Crippen molar-refractivity contribution >= 4 is 56.4 Å². The molecule has 0 atom stereocenters. The number of rotatable bonds is 0. The number of nitrogens with two attached hydrogens (primary N) is 2. The molecule has 0 saturated carbocycles. The van der Waals surface area contributed by atoms with Gasteiger partial charge >= 0.3 is 0 Å². The molecule has 0 aliphatic heterocycles. The minimum Gasteiger partial charge on any atom is -0.399 e. The van der Waals surface area contributed by atoms with E-state index in [2.05, 4.69) is 4.98 Å². The fourth-order valence-electron chi connectivity index (χ4n) is 1.94. The molecule has 0 spiro atoms. The molecule has 0 bridgehead atoms. The molecule has 1 heterocycles. The third-order valence-corrected chi connectivity index (χ3v) is 3.74. The van der Waals surface area contributed by atoms with Crippen molar-refractivity contribution in [2.45, 2.75) is 0 Å². The number of nitrogens with zero attached hydrogens (tertiary/aromatic N) is 1. The Hall–Kier alpha value is -1.71. The van der Waals surface area contributed by atoms with Gasteiger partial charge in [0.1, 0.15) is 0 Å². The quantitative estimate of drug-likeness (QED) is 0.484. The number of nitrogen functional groups attached to an aromatic ring is 2. The van der Waals surface area contributed by atoms with Crippen molar-refractivity contribution in [2.75, 3.05) is 11.5 Å². The normalized spacial score (nSPS) is 11.2. The summed E-state index contributed by atoms with van der Waals surface area (Å²) in [5.74, 6) is 0. The van der Waals surface area contributed by atoms with Crippen molar-refractivity contribution in [1.82, 2.24) is 4.98 Å². The van der Waals surface area contributed by atoms with E-state index in [0.717, 1.165) is 16.3 Å². The standard InChI is InChI=1S/C13H9Cl2N3/c14-12-8-3-6-1-2-7(16)4-10(6)18-11(8)5-9(17)13(12)15/h1-5H,16-17H2. The lowest BCUT2D eigenvalue weighted by Crippen LogP contribution is -1.91. The van der Waals surface area contributed by atoms with Crippen LogP contribution in [0.25, 0.3) is 21.8 Å². The van der Waals surface area contributed by atoms with Crippen LogP contribution in [-0.4, -0.2) is 4.98 Å². The predicted octanol–water partition coefficient (Wildman–Crippen LogP) is 3.86. The number of anilines is 2. The highest BCUT2D eigenvalue weighted by molar-refractivity contribution is 6.46. The number of halogens is 2. The number of aromatic nitrogens is 1. The van der Waals surface area contributed by atoms with Gasteiger partial charge in [0.05, 0.1) is 26.8 Å². The summed E-state index contributed by atoms with van der Waals surface area (Å²) in [7, 11) is 0. The highest BCUT2D eigenvalue weighted by Gasteiger charge is 2.10. The number of hydrogen-bond donors (Lipinski definition) is 2. The van der Waals surface area contributed by atoms with Gasteiger partial charge in [0.15, 0.2) is 0 Å². The molecule has 0 unspecified atom stereocenters. The van der Waals surface area contributed by atoms with Crippen LogP contribution in [0.2, 0.25) is 10.0 Å². The van der Waals surface area contributed by atoms with Crippen molar-refractivity contribution in [3.8, 4) is 0 Å². The monoisotopic (exact) mass is 277 g/mol. The minimum absolute atomic E-state index is 0.362. The van der Waals surface area contributed by atoms with E-state index in [1.165, 1.54) is 0 Å². The Morgan fingerprint density at radius 2 is 1.67 bits per heavy atom. The molecule has 5 heteroatoms. The van der Waals surface area contributed by atoms with E-state index in [-0.39, 0.29) is 0 Å². The summed E-state index contributed by atoms with van der Waals surface area (Å²) >= 11 is 12.2. The van der Waals surface area contributed by atoms with E-state index in [4.69, 9.17) is 34.7 Å². The molecule has 3 rings (SSSR count). The van der Waals surface area contributed by atoms with Gasteiger partial charge in [0, 0.05) is 16.5 Å². The average Bonchev–Trinajstić information content (AvgIpc) is 2.34. The molecule has 0 radical (unpaired) electrons. The minimum atomic E-state index is 0.362. The number of pyridine rings is 1. The van der Waals surface area contributed by atoms with Gasteiger partial charge in [0.2, 0.25) is 0 Å². The van der Waals surface area contributed by atoms with Crippen LogP contribution < -0.4 is 11.5 Å². The largest absolute Gasteiger partial charge is 0.399 e. The Morgan fingerprint density at radius 3 is 2.44 bits per heavy atom. The van der Waals surface area contributed by atoms with E-state index in [1.54, 1.807) is 6.07 Å². The van der Waals surface area contributed by atoms with Crippen molar-refractivity contribution in [3.05, 3.63) is 40.4 Å². The second-order valence-electron chi connectivity index (χ2n) is 4.10. The van der Waals surface area contributed by atoms with Gasteiger partial charge < -0.3 is 11.5 Å². The number of hydrogen-bond acceptors (Lipinski definition) is 3. The molecule has 3 nitrogen and oxygen atoms in total. The van der Waals surface area contributed by atoms with Gasteiger partial charge in [0.25, 0.3) is 0 Å². The lowest BCUT2D eigenvalue weighted by Gasteiger charge is -2.07. The lowest BCUT2D eigenvalue weighted by atomic mass is 10.1. The maximum Gasteiger partial charge on any atom is 0.0829 e. The van der Waals surface area contributed by atoms with Crippen LogP contribution in [0.3, 0.4) is 0 Å². The third-order valence-electron chi connectivity index (χ3n) is 2.85. The van der Waals surface area contributed by atoms with Gasteiger partial charge in [-0.05, 0) is 24.3 Å². The van der Waals surface area contributed by atoms with E-state index < -0.39 is 0 Å². The van der Waals surface area contributed by atoms with Crippen LogP contribution in [0, 0.1) is 0 Å². The summed E-state index contributed by atoms with van der Waals surface area (Å²) in [6.45, 7) is 0. The van der Waals surface area contributed by atoms with Crippen molar-refractivity contribution in [3.63, 3.8) is 0 Å². The Bertz CT molecular complexity index is 784. The highest BCUT2D eigenvalue weighted by atomic mass is 35.5. The Labute approximate surface area is 113 Å². The van der Waals surface area contributed by atoms with Crippen LogP contribution in [0.15, 0.2) is 30.3 Å². The zero-order chi connectivity index (χ0) is 12.9. The lowest BCUT2D eigenvalue weighted by molar-refractivity contribution is 1.50. The summed E-state index contributed by atoms with van der Waals surface area (Å²) < 4.78 is 0. The first-order valence-corrected chi connectivity index (χ1v) is 6.05. The Kier molecular flexibility index (Phi) is 2.47. The smallest absolute Gasteiger partial charge is 0.0829 e. The molecule has 4 N–H and O–H groups in total. The summed E-state index contributed by atoms with van der Waals surface area (Å²) in [6.07, 6.45) is 0. The fraction of sp³-hybridized carbons (Fsp3) is 0.